The maximum atomic E-state index is 11.8. The topological polar surface area (TPSA) is 88.8 Å². The molecule has 0 aliphatic carbocycles. The quantitative estimate of drug-likeness (QED) is 0.733. The van der Waals surface area contributed by atoms with E-state index in [1.165, 1.54) is 11.1 Å². The van der Waals surface area contributed by atoms with E-state index in [-0.39, 0.29) is 18.0 Å². The summed E-state index contributed by atoms with van der Waals surface area (Å²) in [5.41, 5.74) is 7.45. The summed E-state index contributed by atoms with van der Waals surface area (Å²) < 4.78 is 0. The molecule has 5 heteroatoms. The minimum Gasteiger partial charge on any atom is -0.351 e. The van der Waals surface area contributed by atoms with Crippen LogP contribution in [0.15, 0.2) is 24.3 Å². The molecule has 1 aromatic carbocycles. The molecule has 0 bridgehead atoms. The highest BCUT2D eigenvalue weighted by Crippen LogP contribution is 2.18. The molecule has 0 radical (unpaired) electrons. The molecule has 5 nitrogen and oxygen atoms in total. The van der Waals surface area contributed by atoms with Gasteiger partial charge in [-0.3, -0.25) is 10.1 Å². The molecule has 0 aromatic heterocycles. The number of imide groups is 1. The van der Waals surface area contributed by atoms with Crippen LogP contribution in [-0.2, 0) is 11.2 Å². The van der Waals surface area contributed by atoms with Crippen LogP contribution in [0.25, 0.3) is 0 Å². The van der Waals surface area contributed by atoms with E-state index in [1.54, 1.807) is 6.92 Å². The van der Waals surface area contributed by atoms with Gasteiger partial charge in [0.05, 0.1) is 0 Å². The molecule has 21 heavy (non-hydrogen) atoms. The summed E-state index contributed by atoms with van der Waals surface area (Å²) in [7, 11) is 0. The Morgan fingerprint density at radius 1 is 1.19 bits per heavy atom. The molecule has 0 saturated carbocycles. The fourth-order valence-electron chi connectivity index (χ4n) is 2.33. The van der Waals surface area contributed by atoms with Gasteiger partial charge in [0.1, 0.15) is 6.04 Å². The number of aryl methyl sites for hydroxylation is 1. The summed E-state index contributed by atoms with van der Waals surface area (Å²) in [5, 5.41) is 4.10. The number of carbonyl (C=O) groups is 2. The monoisotopic (exact) mass is 292 g/mol. The van der Waals surface area contributed by atoms with Gasteiger partial charge in [-0.05, 0) is 18.9 Å². The van der Waals surface area contributed by atoms with Gasteiger partial charge in [-0.25, -0.2) is 4.79 Å². The molecule has 0 fully saturated rings. The molecule has 116 valence electrons. The zero-order valence-electron chi connectivity index (χ0n) is 13.2. The molecule has 0 aliphatic heterocycles. The zero-order chi connectivity index (χ0) is 16.0. The van der Waals surface area contributed by atoms with Crippen LogP contribution in [0.4, 0.5) is 4.79 Å². The van der Waals surface area contributed by atoms with Crippen molar-refractivity contribution >= 4 is 11.9 Å². The number of quaternary nitrogens is 1. The molecular formula is C16H26N3O2+. The number of benzene rings is 1. The van der Waals surface area contributed by atoms with E-state index >= 15 is 0 Å². The lowest BCUT2D eigenvalue weighted by Crippen LogP contribution is -2.93. The molecule has 0 spiro atoms. The van der Waals surface area contributed by atoms with Crippen LogP contribution in [0.5, 0.6) is 0 Å². The van der Waals surface area contributed by atoms with Gasteiger partial charge in [0.25, 0.3) is 5.91 Å². The van der Waals surface area contributed by atoms with Crippen LogP contribution < -0.4 is 16.4 Å². The molecule has 5 N–H and O–H groups in total. The van der Waals surface area contributed by atoms with Gasteiger partial charge in [0.2, 0.25) is 0 Å². The summed E-state index contributed by atoms with van der Waals surface area (Å²) in [6.45, 7) is 8.13. The summed E-state index contributed by atoms with van der Waals surface area (Å²) in [6, 6.07) is 7.42. The van der Waals surface area contributed by atoms with Crippen molar-refractivity contribution in [3.05, 3.63) is 35.4 Å². The summed E-state index contributed by atoms with van der Waals surface area (Å²) in [5.74, 6) is -0.000340. The average Bonchev–Trinajstić information content (AvgIpc) is 2.43. The Bertz CT molecular complexity index is 483. The molecule has 0 heterocycles. The fraction of sp³-hybridized carbons (Fsp3) is 0.500. The third-order valence-corrected chi connectivity index (χ3v) is 3.65. The second-order valence-electron chi connectivity index (χ2n) is 5.70. The number of primary amides is 1. The molecule has 1 aromatic rings. The Balaban J connectivity index is 2.81. The van der Waals surface area contributed by atoms with Crippen molar-refractivity contribution in [2.24, 2.45) is 11.7 Å². The van der Waals surface area contributed by atoms with Gasteiger partial charge in [0.15, 0.2) is 6.04 Å². The lowest BCUT2D eigenvalue weighted by molar-refractivity contribution is -0.719. The van der Waals surface area contributed by atoms with Crippen LogP contribution in [0.3, 0.4) is 0 Å². The van der Waals surface area contributed by atoms with Gasteiger partial charge in [-0.2, -0.15) is 0 Å². The van der Waals surface area contributed by atoms with Gasteiger partial charge in [0, 0.05) is 11.5 Å². The maximum absolute atomic E-state index is 11.8. The number of amides is 3. The Hall–Kier alpha value is -1.88. The number of carbonyl (C=O) groups excluding carboxylic acids is 2. The van der Waals surface area contributed by atoms with Crippen LogP contribution in [0.2, 0.25) is 0 Å². The highest BCUT2D eigenvalue weighted by atomic mass is 16.2. The van der Waals surface area contributed by atoms with E-state index < -0.39 is 6.03 Å². The summed E-state index contributed by atoms with van der Waals surface area (Å²) in [6.07, 6.45) is 1.01. The molecule has 0 aliphatic rings. The summed E-state index contributed by atoms with van der Waals surface area (Å²) in [4.78, 5) is 22.6. The Kier molecular flexibility index (Phi) is 6.37. The lowest BCUT2D eigenvalue weighted by atomic mass is 9.94. The molecule has 2 atom stereocenters. The molecule has 1 rings (SSSR count). The first kappa shape index (κ1) is 17.2. The molecular weight excluding hydrogens is 266 g/mol. The lowest BCUT2D eigenvalue weighted by Gasteiger charge is -2.23. The fourth-order valence-corrected chi connectivity index (χ4v) is 2.33. The standard InChI is InChI=1S/C16H25N3O2/c1-5-12-6-8-13(9-7-12)14(10(2)3)18-11(4)15(20)19-16(17)21/h6-11,14,18H,5H2,1-4H3,(H3,17,19,20,21)/p+1/t11-,14-/m0/s1. The highest BCUT2D eigenvalue weighted by Gasteiger charge is 2.26. The first-order valence-corrected chi connectivity index (χ1v) is 7.39. The average molecular weight is 292 g/mol. The summed E-state index contributed by atoms with van der Waals surface area (Å²) >= 11 is 0. The Morgan fingerprint density at radius 3 is 2.19 bits per heavy atom. The second-order valence-corrected chi connectivity index (χ2v) is 5.70. The van der Waals surface area contributed by atoms with E-state index in [9.17, 15) is 9.59 Å². The SMILES string of the molecule is CCc1ccc([C@@H]([NH2+][C@@H](C)C(=O)NC(N)=O)C(C)C)cc1. The van der Waals surface area contributed by atoms with Crippen molar-refractivity contribution in [3.8, 4) is 0 Å². The van der Waals surface area contributed by atoms with Gasteiger partial charge < -0.3 is 11.1 Å². The van der Waals surface area contributed by atoms with E-state index in [1.807, 2.05) is 5.32 Å². The number of hydrogen-bond acceptors (Lipinski definition) is 2. The largest absolute Gasteiger partial charge is 0.351 e. The number of urea groups is 1. The van der Waals surface area contributed by atoms with Gasteiger partial charge >= 0.3 is 6.03 Å². The van der Waals surface area contributed by atoms with Crippen molar-refractivity contribution in [1.82, 2.24) is 5.32 Å². The predicted molar refractivity (Wildman–Crippen MR) is 82.5 cm³/mol. The number of rotatable bonds is 6. The molecule has 0 saturated heterocycles. The first-order valence-electron chi connectivity index (χ1n) is 7.39. The van der Waals surface area contributed by atoms with E-state index in [0.717, 1.165) is 6.42 Å². The minimum absolute atomic E-state index is 0.157. The van der Waals surface area contributed by atoms with E-state index in [4.69, 9.17) is 5.73 Å². The molecule has 3 amide bonds. The van der Waals surface area contributed by atoms with E-state index in [2.05, 4.69) is 50.4 Å². The zero-order valence-corrected chi connectivity index (χ0v) is 13.2. The Morgan fingerprint density at radius 2 is 1.76 bits per heavy atom. The highest BCUT2D eigenvalue weighted by molar-refractivity contribution is 5.95. The second kappa shape index (κ2) is 7.78. The third kappa shape index (κ3) is 5.19. The number of nitrogens with two attached hydrogens (primary N) is 2. The molecule has 0 unspecified atom stereocenters. The van der Waals surface area contributed by atoms with Crippen molar-refractivity contribution in [1.29, 1.82) is 0 Å². The predicted octanol–water partition coefficient (Wildman–Crippen LogP) is 1.09. The third-order valence-electron chi connectivity index (χ3n) is 3.65. The van der Waals surface area contributed by atoms with Gasteiger partial charge in [-0.1, -0.05) is 45.0 Å². The maximum Gasteiger partial charge on any atom is 0.319 e. The van der Waals surface area contributed by atoms with Crippen molar-refractivity contribution in [3.63, 3.8) is 0 Å². The normalized spacial score (nSPS) is 13.8. The van der Waals surface area contributed by atoms with Crippen LogP contribution >= 0.6 is 0 Å². The van der Waals surface area contributed by atoms with Crippen LogP contribution in [0.1, 0.15) is 44.9 Å². The number of nitrogens with one attached hydrogen (secondary N) is 1. The van der Waals surface area contributed by atoms with Crippen LogP contribution in [-0.4, -0.2) is 18.0 Å². The van der Waals surface area contributed by atoms with Crippen molar-refractivity contribution in [2.45, 2.75) is 46.2 Å². The first-order chi connectivity index (χ1) is 9.85. The van der Waals surface area contributed by atoms with Crippen molar-refractivity contribution in [2.75, 3.05) is 0 Å². The number of hydrogen-bond donors (Lipinski definition) is 3. The smallest absolute Gasteiger partial charge is 0.319 e. The van der Waals surface area contributed by atoms with E-state index in [0.29, 0.717) is 5.92 Å². The minimum atomic E-state index is -0.811. The van der Waals surface area contributed by atoms with Crippen LogP contribution in [0, 0.1) is 5.92 Å². The van der Waals surface area contributed by atoms with Gasteiger partial charge in [-0.15, -0.1) is 0 Å². The van der Waals surface area contributed by atoms with Crippen molar-refractivity contribution < 1.29 is 14.9 Å². The Labute approximate surface area is 126 Å².